The molecule has 1 heterocycles. The number of likely N-dealkylation sites (N-methyl/N-ethyl adjacent to an activating group) is 1. The van der Waals surface area contributed by atoms with Crippen LogP contribution < -0.4 is 10.2 Å². The van der Waals surface area contributed by atoms with Crippen molar-refractivity contribution in [2.24, 2.45) is 0 Å². The average Bonchev–Trinajstić information content (AvgIpc) is 3.02. The van der Waals surface area contributed by atoms with E-state index in [4.69, 9.17) is 0 Å². The van der Waals surface area contributed by atoms with Gasteiger partial charge in [-0.05, 0) is 72.5 Å². The molecular formula is C32H36F3N3O5S. The third-order valence-electron chi connectivity index (χ3n) is 7.99. The molecule has 0 saturated carbocycles. The highest BCUT2D eigenvalue weighted by atomic mass is 32.2. The van der Waals surface area contributed by atoms with Crippen molar-refractivity contribution in [1.82, 2.24) is 10.2 Å². The standard InChI is InChI=1S/C32H36F3N3O5S/c1-4-44(42,43)27-16-9-22(10-17-27)28(20-39)36-30(40)23-7-14-26(15-8-23)38-19-24(11-18-29(38)31(41)37(2)3)21-5-12-25(13-6-21)32(33,34)35/h5-10,12-17,24,28-29,39H,4,11,18-20H2,1-3H3,(H,36,40)/t24?,28-,29-/m0/s1. The number of alkyl halides is 3. The lowest BCUT2D eigenvalue weighted by atomic mass is 9.86. The smallest absolute Gasteiger partial charge is 0.394 e. The number of hydrogen-bond donors (Lipinski definition) is 2. The molecule has 3 aromatic rings. The SMILES string of the molecule is CCS(=O)(=O)c1ccc([C@H](CO)NC(=O)c2ccc(N3CC(c4ccc(C(F)(F)F)cc4)CC[C@H]3C(=O)N(C)C)cc2)cc1. The Kier molecular flexibility index (Phi) is 10.0. The molecule has 3 aromatic carbocycles. The van der Waals surface area contributed by atoms with E-state index < -0.39 is 46.2 Å². The van der Waals surface area contributed by atoms with Gasteiger partial charge in [0.25, 0.3) is 5.91 Å². The van der Waals surface area contributed by atoms with Crippen LogP contribution in [0.4, 0.5) is 18.9 Å². The van der Waals surface area contributed by atoms with Gasteiger partial charge in [-0.15, -0.1) is 0 Å². The summed E-state index contributed by atoms with van der Waals surface area (Å²) < 4.78 is 63.4. The predicted octanol–water partition coefficient (Wildman–Crippen LogP) is 4.80. The number of halogens is 3. The Balaban J connectivity index is 1.52. The van der Waals surface area contributed by atoms with E-state index in [1.54, 1.807) is 57.4 Å². The van der Waals surface area contributed by atoms with Crippen LogP contribution in [0, 0.1) is 0 Å². The molecule has 0 radical (unpaired) electrons. The number of piperidine rings is 1. The van der Waals surface area contributed by atoms with Crippen molar-refractivity contribution in [3.8, 4) is 0 Å². The van der Waals surface area contributed by atoms with Crippen LogP contribution >= 0.6 is 0 Å². The quantitative estimate of drug-likeness (QED) is 0.352. The van der Waals surface area contributed by atoms with Gasteiger partial charge in [0.2, 0.25) is 5.91 Å². The third-order valence-corrected chi connectivity index (χ3v) is 9.74. The van der Waals surface area contributed by atoms with Gasteiger partial charge in [-0.2, -0.15) is 13.2 Å². The Labute approximate surface area is 255 Å². The van der Waals surface area contributed by atoms with Crippen LogP contribution in [-0.2, 0) is 20.8 Å². The van der Waals surface area contributed by atoms with E-state index in [2.05, 4.69) is 5.32 Å². The maximum absolute atomic E-state index is 13.1. The lowest BCUT2D eigenvalue weighted by Gasteiger charge is -2.41. The second kappa shape index (κ2) is 13.4. The Bertz CT molecular complexity index is 1560. The Morgan fingerprint density at radius 1 is 0.977 bits per heavy atom. The summed E-state index contributed by atoms with van der Waals surface area (Å²) in [6, 6.07) is 16.5. The van der Waals surface area contributed by atoms with Crippen LogP contribution in [0.2, 0.25) is 0 Å². The van der Waals surface area contributed by atoms with E-state index in [0.29, 0.717) is 36.2 Å². The van der Waals surface area contributed by atoms with Gasteiger partial charge < -0.3 is 20.2 Å². The molecule has 2 N–H and O–H groups in total. The number of aliphatic hydroxyl groups excluding tert-OH is 1. The number of carbonyl (C=O) groups excluding carboxylic acids is 2. The number of benzene rings is 3. The van der Waals surface area contributed by atoms with Crippen molar-refractivity contribution < 1.29 is 36.3 Å². The summed E-state index contributed by atoms with van der Waals surface area (Å²) in [4.78, 5) is 29.7. The van der Waals surface area contributed by atoms with E-state index in [1.165, 1.54) is 29.2 Å². The highest BCUT2D eigenvalue weighted by Crippen LogP contribution is 2.36. The van der Waals surface area contributed by atoms with Crippen LogP contribution in [0.1, 0.15) is 58.8 Å². The molecule has 12 heteroatoms. The first-order valence-electron chi connectivity index (χ1n) is 14.2. The fraction of sp³-hybridized carbons (Fsp3) is 0.375. The molecule has 3 atom stereocenters. The summed E-state index contributed by atoms with van der Waals surface area (Å²) in [6.45, 7) is 1.54. The molecule has 4 rings (SSSR count). The number of rotatable bonds is 9. The lowest BCUT2D eigenvalue weighted by Crippen LogP contribution is -2.51. The van der Waals surface area contributed by atoms with Gasteiger partial charge in [0, 0.05) is 37.8 Å². The monoisotopic (exact) mass is 631 g/mol. The minimum atomic E-state index is -4.42. The van der Waals surface area contributed by atoms with Crippen LogP contribution in [0.15, 0.2) is 77.7 Å². The Morgan fingerprint density at radius 3 is 2.11 bits per heavy atom. The molecule has 1 aliphatic heterocycles. The predicted molar refractivity (Wildman–Crippen MR) is 161 cm³/mol. The number of nitrogens with zero attached hydrogens (tertiary/aromatic N) is 2. The third kappa shape index (κ3) is 7.41. The molecule has 0 spiro atoms. The maximum atomic E-state index is 13.1. The number of anilines is 1. The maximum Gasteiger partial charge on any atom is 0.416 e. The van der Waals surface area contributed by atoms with Crippen molar-refractivity contribution >= 4 is 27.3 Å². The van der Waals surface area contributed by atoms with Crippen LogP contribution in [0.25, 0.3) is 0 Å². The number of amides is 2. The molecule has 1 fully saturated rings. The minimum absolute atomic E-state index is 0.0420. The molecule has 236 valence electrons. The number of nitrogens with one attached hydrogen (secondary N) is 1. The van der Waals surface area contributed by atoms with E-state index in [9.17, 15) is 36.3 Å². The fourth-order valence-corrected chi connectivity index (χ4v) is 6.27. The zero-order chi connectivity index (χ0) is 32.2. The van der Waals surface area contributed by atoms with Crippen molar-refractivity contribution in [3.63, 3.8) is 0 Å². The topological polar surface area (TPSA) is 107 Å². The van der Waals surface area contributed by atoms with E-state index in [0.717, 1.165) is 17.7 Å². The summed E-state index contributed by atoms with van der Waals surface area (Å²) in [6.07, 6.45) is -3.30. The summed E-state index contributed by atoms with van der Waals surface area (Å²) in [5.41, 5.74) is 1.58. The fourth-order valence-electron chi connectivity index (χ4n) is 5.38. The Hall–Kier alpha value is -3.90. The zero-order valence-corrected chi connectivity index (χ0v) is 25.5. The first-order valence-corrected chi connectivity index (χ1v) is 15.9. The van der Waals surface area contributed by atoms with E-state index in [-0.39, 0.29) is 22.5 Å². The molecule has 0 aliphatic carbocycles. The average molecular weight is 632 g/mol. The highest BCUT2D eigenvalue weighted by Gasteiger charge is 2.35. The second-order valence-electron chi connectivity index (χ2n) is 11.0. The van der Waals surface area contributed by atoms with Crippen molar-refractivity contribution in [2.75, 3.05) is 37.9 Å². The first-order chi connectivity index (χ1) is 20.7. The van der Waals surface area contributed by atoms with Gasteiger partial charge in [0.15, 0.2) is 9.84 Å². The summed E-state index contributed by atoms with van der Waals surface area (Å²) in [5.74, 6) is -0.695. The van der Waals surface area contributed by atoms with E-state index >= 15 is 0 Å². The second-order valence-corrected chi connectivity index (χ2v) is 13.3. The largest absolute Gasteiger partial charge is 0.416 e. The number of aliphatic hydroxyl groups is 1. The lowest BCUT2D eigenvalue weighted by molar-refractivity contribution is -0.137. The first kappa shape index (κ1) is 33.0. The van der Waals surface area contributed by atoms with Crippen LogP contribution in [0.3, 0.4) is 0 Å². The molecule has 0 aromatic heterocycles. The molecule has 2 amide bonds. The molecular weight excluding hydrogens is 595 g/mol. The molecule has 1 saturated heterocycles. The van der Waals surface area contributed by atoms with Crippen molar-refractivity contribution in [1.29, 1.82) is 0 Å². The van der Waals surface area contributed by atoms with Gasteiger partial charge >= 0.3 is 6.18 Å². The van der Waals surface area contributed by atoms with Crippen molar-refractivity contribution in [3.05, 3.63) is 95.1 Å². The van der Waals surface area contributed by atoms with Gasteiger partial charge in [-0.1, -0.05) is 31.2 Å². The summed E-state index contributed by atoms with van der Waals surface area (Å²) in [7, 11) is -0.0454. The minimum Gasteiger partial charge on any atom is -0.394 e. The van der Waals surface area contributed by atoms with Crippen LogP contribution in [-0.4, -0.2) is 69.3 Å². The van der Waals surface area contributed by atoms with Gasteiger partial charge in [-0.3, -0.25) is 9.59 Å². The normalized spacial score (nSPS) is 18.0. The molecule has 1 aliphatic rings. The summed E-state index contributed by atoms with van der Waals surface area (Å²) in [5, 5.41) is 12.7. The molecule has 44 heavy (non-hydrogen) atoms. The van der Waals surface area contributed by atoms with Gasteiger partial charge in [0.05, 0.1) is 28.9 Å². The van der Waals surface area contributed by atoms with Gasteiger partial charge in [0.1, 0.15) is 6.04 Å². The Morgan fingerprint density at radius 2 is 1.59 bits per heavy atom. The summed E-state index contributed by atoms with van der Waals surface area (Å²) >= 11 is 0. The number of carbonyl (C=O) groups is 2. The van der Waals surface area contributed by atoms with Crippen molar-refractivity contribution in [2.45, 2.75) is 48.8 Å². The number of sulfone groups is 1. The number of hydrogen-bond acceptors (Lipinski definition) is 6. The van der Waals surface area contributed by atoms with Gasteiger partial charge in [-0.25, -0.2) is 8.42 Å². The molecule has 0 bridgehead atoms. The van der Waals surface area contributed by atoms with E-state index in [1.807, 2.05) is 4.90 Å². The van der Waals surface area contributed by atoms with Crippen LogP contribution in [0.5, 0.6) is 0 Å². The highest BCUT2D eigenvalue weighted by molar-refractivity contribution is 7.91. The molecule has 8 nitrogen and oxygen atoms in total. The zero-order valence-electron chi connectivity index (χ0n) is 24.7. The molecule has 1 unspecified atom stereocenters.